The fourth-order valence-electron chi connectivity index (χ4n) is 4.51. The molecule has 0 radical (unpaired) electrons. The second-order valence-corrected chi connectivity index (χ2v) is 9.53. The Morgan fingerprint density at radius 2 is 1.58 bits per heavy atom. The lowest BCUT2D eigenvalue weighted by atomic mass is 10.0. The molecule has 8 heteroatoms. The molecule has 0 spiro atoms. The van der Waals surface area contributed by atoms with Crippen LogP contribution in [0.3, 0.4) is 0 Å². The first kappa shape index (κ1) is 23.7. The van der Waals surface area contributed by atoms with Crippen molar-refractivity contribution >= 4 is 28.6 Å². The van der Waals surface area contributed by atoms with Crippen LogP contribution in [0.2, 0.25) is 0 Å². The first-order valence-corrected chi connectivity index (χ1v) is 12.9. The third kappa shape index (κ3) is 5.13. The lowest BCUT2D eigenvalue weighted by Gasteiger charge is -2.16. The number of para-hydroxylation sites is 2. The van der Waals surface area contributed by atoms with E-state index in [4.69, 9.17) is 4.99 Å². The number of hydrogen-bond donors (Lipinski definition) is 0. The Bertz CT molecular complexity index is 1440. The zero-order chi connectivity index (χ0) is 24.9. The van der Waals surface area contributed by atoms with Gasteiger partial charge in [0.15, 0.2) is 4.80 Å². The maximum Gasteiger partial charge on any atom is 0.294 e. The molecule has 1 aromatic heterocycles. The van der Waals surface area contributed by atoms with Crippen LogP contribution in [0.25, 0.3) is 22.4 Å². The van der Waals surface area contributed by atoms with Crippen molar-refractivity contribution in [1.29, 1.82) is 0 Å². The van der Waals surface area contributed by atoms with Gasteiger partial charge in [0, 0.05) is 37.5 Å². The Kier molecular flexibility index (Phi) is 7.04. The number of benzene rings is 3. The summed E-state index contributed by atoms with van der Waals surface area (Å²) >= 11 is 1.46. The number of carbonyl (C=O) groups is 1. The Hall–Kier alpha value is -4.04. The van der Waals surface area contributed by atoms with Crippen molar-refractivity contribution in [3.05, 3.63) is 99.2 Å². The number of nitro groups is 1. The molecule has 182 valence electrons. The first-order chi connectivity index (χ1) is 17.6. The number of nitro benzene ring substituents is 1. The van der Waals surface area contributed by atoms with E-state index in [9.17, 15) is 14.9 Å². The SMILES string of the molecule is O=C1CCCN1CCCn1c(-c2ccc(-c3ccccc3)cc2)csc1=Nc1ccccc1[N+](=O)[O-]. The van der Waals surface area contributed by atoms with E-state index in [0.717, 1.165) is 41.8 Å². The first-order valence-electron chi connectivity index (χ1n) is 12.0. The van der Waals surface area contributed by atoms with Gasteiger partial charge in [0.25, 0.3) is 5.69 Å². The fraction of sp³-hybridized carbons (Fsp3) is 0.214. The summed E-state index contributed by atoms with van der Waals surface area (Å²) in [6.45, 7) is 2.16. The number of rotatable bonds is 8. The minimum Gasteiger partial charge on any atom is -0.343 e. The monoisotopic (exact) mass is 498 g/mol. The molecule has 0 saturated carbocycles. The van der Waals surface area contributed by atoms with Gasteiger partial charge in [0.2, 0.25) is 5.91 Å². The third-order valence-electron chi connectivity index (χ3n) is 6.36. The van der Waals surface area contributed by atoms with Gasteiger partial charge in [-0.15, -0.1) is 11.3 Å². The molecule has 1 aliphatic heterocycles. The van der Waals surface area contributed by atoms with E-state index in [0.29, 0.717) is 30.0 Å². The van der Waals surface area contributed by atoms with E-state index >= 15 is 0 Å². The molecule has 36 heavy (non-hydrogen) atoms. The number of amides is 1. The van der Waals surface area contributed by atoms with E-state index in [-0.39, 0.29) is 11.6 Å². The Morgan fingerprint density at radius 1 is 0.889 bits per heavy atom. The largest absolute Gasteiger partial charge is 0.343 e. The molecule has 7 nitrogen and oxygen atoms in total. The molecular weight excluding hydrogens is 472 g/mol. The summed E-state index contributed by atoms with van der Waals surface area (Å²) in [6.07, 6.45) is 2.33. The van der Waals surface area contributed by atoms with Gasteiger partial charge in [-0.2, -0.15) is 0 Å². The Labute approximate surface area is 213 Å². The molecule has 1 fully saturated rings. The van der Waals surface area contributed by atoms with Crippen molar-refractivity contribution in [2.75, 3.05) is 13.1 Å². The van der Waals surface area contributed by atoms with Crippen LogP contribution >= 0.6 is 11.3 Å². The highest BCUT2D eigenvalue weighted by molar-refractivity contribution is 7.07. The van der Waals surface area contributed by atoms with E-state index in [1.165, 1.54) is 17.4 Å². The van der Waals surface area contributed by atoms with Gasteiger partial charge < -0.3 is 9.47 Å². The molecule has 0 bridgehead atoms. The summed E-state index contributed by atoms with van der Waals surface area (Å²) in [5.74, 6) is 0.215. The smallest absolute Gasteiger partial charge is 0.294 e. The highest BCUT2D eigenvalue weighted by atomic mass is 32.1. The van der Waals surface area contributed by atoms with Gasteiger partial charge in [-0.3, -0.25) is 14.9 Å². The van der Waals surface area contributed by atoms with Crippen LogP contribution in [-0.2, 0) is 11.3 Å². The number of nitrogens with zero attached hydrogens (tertiary/aromatic N) is 4. The summed E-state index contributed by atoms with van der Waals surface area (Å²) < 4.78 is 2.11. The number of likely N-dealkylation sites (tertiary alicyclic amines) is 1. The summed E-state index contributed by atoms with van der Waals surface area (Å²) in [6, 6.07) is 25.2. The van der Waals surface area contributed by atoms with Gasteiger partial charge in [-0.1, -0.05) is 66.7 Å². The molecule has 1 saturated heterocycles. The molecule has 2 heterocycles. The maximum atomic E-state index is 12.1. The van der Waals surface area contributed by atoms with Crippen molar-refractivity contribution in [1.82, 2.24) is 9.47 Å². The van der Waals surface area contributed by atoms with Gasteiger partial charge in [-0.25, -0.2) is 4.99 Å². The summed E-state index contributed by atoms with van der Waals surface area (Å²) in [4.78, 5) is 30.5. The summed E-state index contributed by atoms with van der Waals surface area (Å²) in [5.41, 5.74) is 4.66. The van der Waals surface area contributed by atoms with Gasteiger partial charge in [-0.05, 0) is 35.6 Å². The zero-order valence-corrected chi connectivity index (χ0v) is 20.6. The maximum absolute atomic E-state index is 12.1. The molecule has 1 amide bonds. The van der Waals surface area contributed by atoms with Crippen molar-refractivity contribution in [2.24, 2.45) is 4.99 Å². The fourth-order valence-corrected chi connectivity index (χ4v) is 5.45. The van der Waals surface area contributed by atoms with E-state index < -0.39 is 4.92 Å². The predicted molar refractivity (Wildman–Crippen MR) is 142 cm³/mol. The Morgan fingerprint density at radius 3 is 2.31 bits per heavy atom. The molecule has 3 aromatic carbocycles. The van der Waals surface area contributed by atoms with Crippen LogP contribution in [0, 0.1) is 10.1 Å². The standard InChI is InChI=1S/C28H26N4O3S/c33-27-12-6-17-30(27)18-7-19-31-26(23-15-13-22(14-16-23)21-8-2-1-3-9-21)20-36-28(31)29-24-10-4-5-11-25(24)32(34)35/h1-5,8-11,13-16,20H,6-7,12,17-19H2. The second-order valence-electron chi connectivity index (χ2n) is 8.69. The average molecular weight is 499 g/mol. The van der Waals surface area contributed by atoms with Gasteiger partial charge in [0.1, 0.15) is 5.69 Å². The summed E-state index contributed by atoms with van der Waals surface area (Å²) in [5, 5.41) is 13.6. The molecule has 4 aromatic rings. The highest BCUT2D eigenvalue weighted by Crippen LogP contribution is 2.28. The highest BCUT2D eigenvalue weighted by Gasteiger charge is 2.20. The normalized spacial score (nSPS) is 13.9. The van der Waals surface area contributed by atoms with Crippen LogP contribution in [-0.4, -0.2) is 33.4 Å². The molecule has 0 atom stereocenters. The number of carbonyl (C=O) groups excluding carboxylic acids is 1. The minimum atomic E-state index is -0.404. The molecule has 5 rings (SSSR count). The lowest BCUT2D eigenvalue weighted by molar-refractivity contribution is -0.384. The van der Waals surface area contributed by atoms with Crippen LogP contribution < -0.4 is 4.80 Å². The number of thiazole rings is 1. The third-order valence-corrected chi connectivity index (χ3v) is 7.22. The minimum absolute atomic E-state index is 0.0196. The molecular formula is C28H26N4O3S. The molecule has 1 aliphatic rings. The molecule has 0 N–H and O–H groups in total. The van der Waals surface area contributed by atoms with E-state index in [1.54, 1.807) is 18.2 Å². The average Bonchev–Trinajstić information content (AvgIpc) is 3.50. The number of hydrogen-bond acceptors (Lipinski definition) is 5. The number of aromatic nitrogens is 1. The van der Waals surface area contributed by atoms with Gasteiger partial charge in [0.05, 0.1) is 10.6 Å². The quantitative estimate of drug-likeness (QED) is 0.219. The molecule has 0 unspecified atom stereocenters. The van der Waals surface area contributed by atoms with Crippen molar-refractivity contribution in [3.63, 3.8) is 0 Å². The van der Waals surface area contributed by atoms with Crippen molar-refractivity contribution < 1.29 is 9.72 Å². The van der Waals surface area contributed by atoms with Crippen molar-refractivity contribution in [3.8, 4) is 22.4 Å². The van der Waals surface area contributed by atoms with E-state index in [1.807, 2.05) is 28.5 Å². The van der Waals surface area contributed by atoms with E-state index in [2.05, 4.69) is 41.0 Å². The predicted octanol–water partition coefficient (Wildman–Crippen LogP) is 6.04. The second kappa shape index (κ2) is 10.7. The van der Waals surface area contributed by atoms with Gasteiger partial charge >= 0.3 is 0 Å². The summed E-state index contributed by atoms with van der Waals surface area (Å²) in [7, 11) is 0. The van der Waals surface area contributed by atoms with Crippen LogP contribution in [0.4, 0.5) is 11.4 Å². The van der Waals surface area contributed by atoms with Crippen LogP contribution in [0.1, 0.15) is 19.3 Å². The molecule has 0 aliphatic carbocycles. The van der Waals surface area contributed by atoms with Crippen LogP contribution in [0.15, 0.2) is 89.2 Å². The Balaban J connectivity index is 1.50. The lowest BCUT2D eigenvalue weighted by Crippen LogP contribution is -2.27. The zero-order valence-electron chi connectivity index (χ0n) is 19.7. The van der Waals surface area contributed by atoms with Crippen molar-refractivity contribution in [2.45, 2.75) is 25.8 Å². The van der Waals surface area contributed by atoms with Crippen LogP contribution in [0.5, 0.6) is 0 Å². The topological polar surface area (TPSA) is 80.7 Å².